The minimum absolute atomic E-state index is 0.0113. The number of nitrogens with one attached hydrogen (secondary N) is 1. The third-order valence-corrected chi connectivity index (χ3v) is 6.25. The molecule has 0 bridgehead atoms. The summed E-state index contributed by atoms with van der Waals surface area (Å²) in [6.45, 7) is 5.70. The molecule has 27 heavy (non-hydrogen) atoms. The van der Waals surface area contributed by atoms with Crippen LogP contribution >= 0.6 is 11.3 Å². The summed E-state index contributed by atoms with van der Waals surface area (Å²) in [5.74, 6) is 0.421. The maximum Gasteiger partial charge on any atom is 0.252 e. The van der Waals surface area contributed by atoms with Gasteiger partial charge in [0.2, 0.25) is 5.91 Å². The molecular weight excluding hydrogens is 356 g/mol. The Hall–Kier alpha value is -2.14. The van der Waals surface area contributed by atoms with Gasteiger partial charge in [0.05, 0.1) is 5.92 Å². The topological polar surface area (TPSA) is 49.4 Å². The van der Waals surface area contributed by atoms with Crippen LogP contribution in [0.5, 0.6) is 0 Å². The summed E-state index contributed by atoms with van der Waals surface area (Å²) < 4.78 is 0. The molecule has 1 aromatic heterocycles. The summed E-state index contributed by atoms with van der Waals surface area (Å²) in [7, 11) is 0. The van der Waals surface area contributed by atoms with Crippen molar-refractivity contribution in [3.05, 3.63) is 58.3 Å². The normalized spacial score (nSPS) is 17.3. The third kappa shape index (κ3) is 4.78. The van der Waals surface area contributed by atoms with Gasteiger partial charge in [-0.3, -0.25) is 9.59 Å². The average molecular weight is 385 g/mol. The van der Waals surface area contributed by atoms with Gasteiger partial charge in [0.15, 0.2) is 0 Å². The average Bonchev–Trinajstić information content (AvgIpc) is 3.24. The number of thiophene rings is 1. The largest absolute Gasteiger partial charge is 0.349 e. The van der Waals surface area contributed by atoms with E-state index in [0.717, 1.165) is 30.4 Å². The first kappa shape index (κ1) is 19.6. The molecule has 0 radical (unpaired) electrons. The van der Waals surface area contributed by atoms with Crippen LogP contribution < -0.4 is 5.32 Å². The van der Waals surface area contributed by atoms with Crippen LogP contribution in [0.25, 0.3) is 0 Å². The lowest BCUT2D eigenvalue weighted by Crippen LogP contribution is -2.48. The summed E-state index contributed by atoms with van der Waals surface area (Å²) in [4.78, 5) is 27.5. The first-order chi connectivity index (χ1) is 13.1. The van der Waals surface area contributed by atoms with Gasteiger partial charge < -0.3 is 10.2 Å². The van der Waals surface area contributed by atoms with E-state index >= 15 is 0 Å². The smallest absolute Gasteiger partial charge is 0.252 e. The number of likely N-dealkylation sites (tertiary alicyclic amines) is 1. The first-order valence-corrected chi connectivity index (χ1v) is 10.7. The predicted octanol–water partition coefficient (Wildman–Crippen LogP) is 4.30. The second kappa shape index (κ2) is 9.18. The van der Waals surface area contributed by atoms with E-state index < -0.39 is 0 Å². The molecule has 1 aliphatic rings. The van der Waals surface area contributed by atoms with Crippen molar-refractivity contribution in [1.29, 1.82) is 0 Å². The molecule has 1 aliphatic heterocycles. The second-order valence-corrected chi connectivity index (χ2v) is 8.14. The van der Waals surface area contributed by atoms with Crippen molar-refractivity contribution >= 4 is 23.2 Å². The van der Waals surface area contributed by atoms with Gasteiger partial charge in [-0.15, -0.1) is 0 Å². The fourth-order valence-corrected chi connectivity index (χ4v) is 4.35. The molecule has 1 saturated heterocycles. The van der Waals surface area contributed by atoms with Crippen molar-refractivity contribution in [3.63, 3.8) is 0 Å². The number of hydrogen-bond acceptors (Lipinski definition) is 3. The van der Waals surface area contributed by atoms with Crippen molar-refractivity contribution in [2.24, 2.45) is 5.92 Å². The molecular formula is C22H28N2O2S. The molecule has 0 spiro atoms. The number of carbonyl (C=O) groups excluding carboxylic acids is 2. The molecule has 2 heterocycles. The lowest BCUT2D eigenvalue weighted by Gasteiger charge is -2.36. The van der Waals surface area contributed by atoms with Gasteiger partial charge in [-0.1, -0.05) is 50.6 Å². The van der Waals surface area contributed by atoms with Crippen LogP contribution in [0.4, 0.5) is 0 Å². The summed E-state index contributed by atoms with van der Waals surface area (Å²) in [5.41, 5.74) is 1.82. The summed E-state index contributed by atoms with van der Waals surface area (Å²) >= 11 is 1.53. The summed E-state index contributed by atoms with van der Waals surface area (Å²) in [6.07, 6.45) is 2.59. The number of amides is 2. The fraction of sp³-hybridized carbons (Fsp3) is 0.455. The maximum atomic E-state index is 13.3. The molecule has 0 aliphatic carbocycles. The molecule has 2 atom stereocenters. The first-order valence-electron chi connectivity index (χ1n) is 9.77. The second-order valence-electron chi connectivity index (χ2n) is 7.36. The van der Waals surface area contributed by atoms with Gasteiger partial charge in [0.1, 0.15) is 0 Å². The molecule has 3 rings (SSSR count). The SMILES string of the molecule is CCC(C)C(C(=O)N1CCC(NC(=O)c2ccsc2)CC1)c1ccccc1. The Morgan fingerprint density at radius 2 is 1.89 bits per heavy atom. The Kier molecular flexibility index (Phi) is 6.67. The Morgan fingerprint density at radius 1 is 1.19 bits per heavy atom. The molecule has 5 heteroatoms. The minimum Gasteiger partial charge on any atom is -0.349 e. The van der Waals surface area contributed by atoms with Crippen molar-refractivity contribution in [3.8, 4) is 0 Å². The predicted molar refractivity (Wildman–Crippen MR) is 110 cm³/mol. The Balaban J connectivity index is 1.60. The zero-order valence-corrected chi connectivity index (χ0v) is 16.9. The number of carbonyl (C=O) groups is 2. The van der Waals surface area contributed by atoms with Crippen molar-refractivity contribution in [2.75, 3.05) is 13.1 Å². The maximum absolute atomic E-state index is 13.3. The summed E-state index contributed by atoms with van der Waals surface area (Å²) in [6, 6.07) is 12.1. The molecule has 1 N–H and O–H groups in total. The molecule has 2 aromatic rings. The standard InChI is InChI=1S/C22H28N2O2S/c1-3-16(2)20(17-7-5-4-6-8-17)22(26)24-12-9-19(10-13-24)23-21(25)18-11-14-27-15-18/h4-8,11,14-16,19-20H,3,9-10,12-13H2,1-2H3,(H,23,25). The van der Waals surface area contributed by atoms with Crippen molar-refractivity contribution in [2.45, 2.75) is 45.1 Å². The highest BCUT2D eigenvalue weighted by atomic mass is 32.1. The van der Waals surface area contributed by atoms with Crippen LogP contribution in [0.15, 0.2) is 47.2 Å². The lowest BCUT2D eigenvalue weighted by molar-refractivity contribution is -0.135. The van der Waals surface area contributed by atoms with Gasteiger partial charge in [0.25, 0.3) is 5.91 Å². The van der Waals surface area contributed by atoms with Crippen molar-refractivity contribution < 1.29 is 9.59 Å². The highest BCUT2D eigenvalue weighted by Gasteiger charge is 2.32. The van der Waals surface area contributed by atoms with Gasteiger partial charge in [-0.05, 0) is 35.8 Å². The van der Waals surface area contributed by atoms with E-state index in [4.69, 9.17) is 0 Å². The Morgan fingerprint density at radius 3 is 2.48 bits per heavy atom. The van der Waals surface area contributed by atoms with E-state index in [1.807, 2.05) is 39.9 Å². The van der Waals surface area contributed by atoms with Gasteiger partial charge in [-0.25, -0.2) is 0 Å². The molecule has 1 aromatic carbocycles. The monoisotopic (exact) mass is 384 g/mol. The Labute approximate surface area is 165 Å². The van der Waals surface area contributed by atoms with Gasteiger partial charge in [0, 0.05) is 30.1 Å². The summed E-state index contributed by atoms with van der Waals surface area (Å²) in [5, 5.41) is 6.88. The zero-order chi connectivity index (χ0) is 19.2. The number of benzene rings is 1. The van der Waals surface area contributed by atoms with E-state index in [1.54, 1.807) is 0 Å². The van der Waals surface area contributed by atoms with E-state index in [9.17, 15) is 9.59 Å². The van der Waals surface area contributed by atoms with Gasteiger partial charge >= 0.3 is 0 Å². The molecule has 4 nitrogen and oxygen atoms in total. The molecule has 2 amide bonds. The van der Waals surface area contributed by atoms with Crippen LogP contribution in [-0.2, 0) is 4.79 Å². The highest BCUT2D eigenvalue weighted by molar-refractivity contribution is 7.08. The Bertz CT molecular complexity index is 737. The number of rotatable bonds is 6. The third-order valence-electron chi connectivity index (χ3n) is 5.56. The van der Waals surface area contributed by atoms with Crippen LogP contribution in [0.1, 0.15) is 54.9 Å². The molecule has 1 fully saturated rings. The van der Waals surface area contributed by atoms with E-state index in [-0.39, 0.29) is 23.8 Å². The number of nitrogens with zero attached hydrogens (tertiary/aromatic N) is 1. The highest BCUT2D eigenvalue weighted by Crippen LogP contribution is 2.30. The van der Waals surface area contributed by atoms with E-state index in [2.05, 4.69) is 31.3 Å². The van der Waals surface area contributed by atoms with Crippen LogP contribution in [-0.4, -0.2) is 35.8 Å². The van der Waals surface area contributed by atoms with Crippen LogP contribution in [0, 0.1) is 5.92 Å². The number of hydrogen-bond donors (Lipinski definition) is 1. The zero-order valence-electron chi connectivity index (χ0n) is 16.1. The van der Waals surface area contributed by atoms with Crippen LogP contribution in [0.3, 0.4) is 0 Å². The lowest BCUT2D eigenvalue weighted by atomic mass is 9.84. The molecule has 2 unspecified atom stereocenters. The number of piperidine rings is 1. The van der Waals surface area contributed by atoms with E-state index in [1.165, 1.54) is 11.3 Å². The quantitative estimate of drug-likeness (QED) is 0.807. The van der Waals surface area contributed by atoms with Crippen molar-refractivity contribution in [1.82, 2.24) is 10.2 Å². The molecule has 144 valence electrons. The molecule has 0 saturated carbocycles. The van der Waals surface area contributed by atoms with Crippen LogP contribution in [0.2, 0.25) is 0 Å². The fourth-order valence-electron chi connectivity index (χ4n) is 3.71. The minimum atomic E-state index is -0.0897. The van der Waals surface area contributed by atoms with Gasteiger partial charge in [-0.2, -0.15) is 11.3 Å². The van der Waals surface area contributed by atoms with E-state index in [0.29, 0.717) is 19.0 Å².